The number of halogens is 2. The number of rotatable bonds is 3. The highest BCUT2D eigenvalue weighted by molar-refractivity contribution is 9.10. The molecule has 2 rings (SSSR count). The molecule has 6 nitrogen and oxygen atoms in total. The average Bonchev–Trinajstić information content (AvgIpc) is 2.83. The lowest BCUT2D eigenvalue weighted by molar-refractivity contribution is 0.112. The molecule has 1 fully saturated rings. The first-order valence-electron chi connectivity index (χ1n) is 6.30. The number of carbonyl (C=O) groups excluding carboxylic acids is 2. The van der Waals surface area contributed by atoms with E-state index in [0.717, 1.165) is 12.7 Å². The number of anilines is 1. The van der Waals surface area contributed by atoms with Gasteiger partial charge in [-0.15, -0.1) is 0 Å². The van der Waals surface area contributed by atoms with Crippen molar-refractivity contribution in [1.29, 1.82) is 0 Å². The van der Waals surface area contributed by atoms with E-state index in [9.17, 15) is 9.59 Å². The van der Waals surface area contributed by atoms with Crippen LogP contribution >= 0.6 is 27.5 Å². The molecule has 1 saturated heterocycles. The Morgan fingerprint density at radius 3 is 3.00 bits per heavy atom. The fraction of sp³-hybridized carbons (Fsp3) is 0.462. The van der Waals surface area contributed by atoms with Gasteiger partial charge in [0.05, 0.1) is 28.4 Å². The molecule has 0 saturated carbocycles. The molecule has 1 atom stereocenters. The fourth-order valence-corrected chi connectivity index (χ4v) is 3.15. The number of aldehydes is 1. The largest absolute Gasteiger partial charge is 0.453 e. The zero-order chi connectivity index (χ0) is 15.6. The Bertz CT molecular complexity index is 584. The van der Waals surface area contributed by atoms with Gasteiger partial charge in [0, 0.05) is 19.3 Å². The van der Waals surface area contributed by atoms with Crippen molar-refractivity contribution in [2.45, 2.75) is 18.9 Å². The molecule has 1 unspecified atom stereocenters. The van der Waals surface area contributed by atoms with Gasteiger partial charge in [-0.25, -0.2) is 9.78 Å². The predicted molar refractivity (Wildman–Crippen MR) is 83.1 cm³/mol. The molecular weight excluding hydrogens is 362 g/mol. The number of nitrogens with one attached hydrogen (secondary N) is 1. The molecule has 2 heterocycles. The molecule has 114 valence electrons. The number of aromatic nitrogens is 1. The van der Waals surface area contributed by atoms with Gasteiger partial charge in [-0.2, -0.15) is 0 Å². The second kappa shape index (κ2) is 6.19. The van der Waals surface area contributed by atoms with Gasteiger partial charge in [0.25, 0.3) is 0 Å². The van der Waals surface area contributed by atoms with Crippen LogP contribution in [0.25, 0.3) is 0 Å². The van der Waals surface area contributed by atoms with Crippen LogP contribution in [-0.2, 0) is 4.74 Å². The minimum Gasteiger partial charge on any atom is -0.453 e. The van der Waals surface area contributed by atoms with Crippen molar-refractivity contribution in [3.05, 3.63) is 21.4 Å². The third-order valence-electron chi connectivity index (χ3n) is 3.49. The second-order valence-electron chi connectivity index (χ2n) is 5.13. The van der Waals surface area contributed by atoms with E-state index in [4.69, 9.17) is 11.6 Å². The minimum atomic E-state index is -0.471. The van der Waals surface area contributed by atoms with Crippen molar-refractivity contribution in [2.75, 3.05) is 25.1 Å². The lowest BCUT2D eigenvalue weighted by Crippen LogP contribution is -2.48. The van der Waals surface area contributed by atoms with E-state index in [1.807, 2.05) is 11.8 Å². The summed E-state index contributed by atoms with van der Waals surface area (Å²) >= 11 is 9.39. The molecule has 1 N–H and O–H groups in total. The zero-order valence-electron chi connectivity index (χ0n) is 11.7. The average molecular weight is 377 g/mol. The number of pyridine rings is 1. The summed E-state index contributed by atoms with van der Waals surface area (Å²) in [5.74, 6) is 0. The maximum atomic E-state index is 11.4. The van der Waals surface area contributed by atoms with E-state index in [-0.39, 0.29) is 0 Å². The van der Waals surface area contributed by atoms with Crippen molar-refractivity contribution in [1.82, 2.24) is 10.3 Å². The summed E-state index contributed by atoms with van der Waals surface area (Å²) in [5.41, 5.74) is 0.719. The molecule has 8 heteroatoms. The Labute approximate surface area is 135 Å². The molecule has 0 aliphatic carbocycles. The Morgan fingerprint density at radius 1 is 1.67 bits per heavy atom. The number of alkyl carbamates (subject to hydrolysis) is 1. The number of nitrogens with zero attached hydrogens (tertiary/aromatic N) is 2. The summed E-state index contributed by atoms with van der Waals surface area (Å²) in [6.45, 7) is 3.16. The van der Waals surface area contributed by atoms with Crippen LogP contribution in [-0.4, -0.2) is 43.1 Å². The van der Waals surface area contributed by atoms with E-state index >= 15 is 0 Å². The summed E-state index contributed by atoms with van der Waals surface area (Å²) in [4.78, 5) is 28.6. The quantitative estimate of drug-likeness (QED) is 0.648. The molecule has 0 radical (unpaired) electrons. The summed E-state index contributed by atoms with van der Waals surface area (Å²) in [5, 5.41) is 3.12. The highest BCUT2D eigenvalue weighted by Gasteiger charge is 2.37. The monoisotopic (exact) mass is 375 g/mol. The van der Waals surface area contributed by atoms with Gasteiger partial charge in [0.2, 0.25) is 0 Å². The highest BCUT2D eigenvalue weighted by atomic mass is 79.9. The molecule has 1 amide bonds. The lowest BCUT2D eigenvalue weighted by Gasteiger charge is -2.27. The minimum absolute atomic E-state index is 0.296. The topological polar surface area (TPSA) is 71.5 Å². The Hall–Kier alpha value is -1.34. The second-order valence-corrected chi connectivity index (χ2v) is 6.28. The van der Waals surface area contributed by atoms with Crippen molar-refractivity contribution in [3.8, 4) is 0 Å². The number of amides is 1. The zero-order valence-corrected chi connectivity index (χ0v) is 14.0. The highest BCUT2D eigenvalue weighted by Crippen LogP contribution is 2.37. The molecular formula is C13H15BrClN3O3. The van der Waals surface area contributed by atoms with Gasteiger partial charge in [0.1, 0.15) is 5.15 Å². The van der Waals surface area contributed by atoms with Gasteiger partial charge in [-0.3, -0.25) is 4.79 Å². The third kappa shape index (κ3) is 3.29. The summed E-state index contributed by atoms with van der Waals surface area (Å²) < 4.78 is 5.22. The van der Waals surface area contributed by atoms with Gasteiger partial charge >= 0.3 is 6.09 Å². The molecule has 1 aliphatic heterocycles. The summed E-state index contributed by atoms with van der Waals surface area (Å²) in [6.07, 6.45) is 2.44. The van der Waals surface area contributed by atoms with Crippen molar-refractivity contribution >= 4 is 45.6 Å². The number of methoxy groups -OCH3 is 1. The van der Waals surface area contributed by atoms with E-state index in [1.54, 1.807) is 0 Å². The first kappa shape index (κ1) is 16.0. The Morgan fingerprint density at radius 2 is 2.38 bits per heavy atom. The normalized spacial score (nSPS) is 21.2. The molecule has 1 aliphatic rings. The van der Waals surface area contributed by atoms with Crippen LogP contribution in [0.2, 0.25) is 5.15 Å². The smallest absolute Gasteiger partial charge is 0.407 e. The summed E-state index contributed by atoms with van der Waals surface area (Å²) in [7, 11) is 1.33. The van der Waals surface area contributed by atoms with Gasteiger partial charge in [0.15, 0.2) is 6.29 Å². The van der Waals surface area contributed by atoms with Crippen molar-refractivity contribution in [3.63, 3.8) is 0 Å². The molecule has 1 aromatic heterocycles. The van der Waals surface area contributed by atoms with Crippen LogP contribution in [0.4, 0.5) is 10.5 Å². The van der Waals surface area contributed by atoms with E-state index in [0.29, 0.717) is 34.0 Å². The fourth-order valence-electron chi connectivity index (χ4n) is 2.43. The van der Waals surface area contributed by atoms with Crippen molar-refractivity contribution < 1.29 is 14.3 Å². The molecule has 0 spiro atoms. The number of hydrogen-bond acceptors (Lipinski definition) is 5. The van der Waals surface area contributed by atoms with Crippen LogP contribution in [0.15, 0.2) is 10.7 Å². The third-order valence-corrected chi connectivity index (χ3v) is 4.75. The van der Waals surface area contributed by atoms with E-state index in [2.05, 4.69) is 31.0 Å². The Balaban J connectivity index is 2.28. The maximum Gasteiger partial charge on any atom is 0.407 e. The van der Waals surface area contributed by atoms with Crippen LogP contribution < -0.4 is 10.2 Å². The van der Waals surface area contributed by atoms with Gasteiger partial charge in [-0.1, -0.05) is 11.6 Å². The number of hydrogen-bond donors (Lipinski definition) is 1. The number of carbonyl (C=O) groups is 2. The van der Waals surface area contributed by atoms with Crippen LogP contribution in [0.5, 0.6) is 0 Å². The number of ether oxygens (including phenoxy) is 1. The van der Waals surface area contributed by atoms with Crippen LogP contribution in [0.1, 0.15) is 23.7 Å². The van der Waals surface area contributed by atoms with Crippen LogP contribution in [0.3, 0.4) is 0 Å². The predicted octanol–water partition coefficient (Wildman–Crippen LogP) is 2.63. The lowest BCUT2D eigenvalue weighted by atomic mass is 10.0. The van der Waals surface area contributed by atoms with Gasteiger partial charge in [-0.05, 0) is 29.3 Å². The molecule has 0 bridgehead atoms. The Kier molecular flexibility index (Phi) is 4.73. The standard InChI is InChI=1S/C13H15BrClN3O3/c1-13(17-12(20)21-2)3-4-18(7-13)10-8(6-19)5-16-11(15)9(10)14/h5-6H,3-4,7H2,1-2H3,(H,17,20). The van der Waals surface area contributed by atoms with Crippen molar-refractivity contribution in [2.24, 2.45) is 0 Å². The first-order valence-corrected chi connectivity index (χ1v) is 7.47. The van der Waals surface area contributed by atoms with E-state index in [1.165, 1.54) is 13.3 Å². The van der Waals surface area contributed by atoms with E-state index < -0.39 is 11.6 Å². The first-order chi connectivity index (χ1) is 9.90. The molecule has 21 heavy (non-hydrogen) atoms. The molecule has 1 aromatic rings. The molecule has 0 aromatic carbocycles. The maximum absolute atomic E-state index is 11.4. The SMILES string of the molecule is COC(=O)NC1(C)CCN(c2c(C=O)cnc(Cl)c2Br)C1. The van der Waals surface area contributed by atoms with Crippen LogP contribution in [0, 0.1) is 0 Å². The van der Waals surface area contributed by atoms with Gasteiger partial charge < -0.3 is 15.0 Å². The summed E-state index contributed by atoms with van der Waals surface area (Å²) in [6, 6.07) is 0.